The minimum atomic E-state index is -5.79. The van der Waals surface area contributed by atoms with Crippen LogP contribution in [0.25, 0.3) is 0 Å². The van der Waals surface area contributed by atoms with Gasteiger partial charge in [-0.25, -0.2) is 0 Å². The molecule has 1 aromatic carbocycles. The van der Waals surface area contributed by atoms with Crippen LogP contribution in [0.2, 0.25) is 0 Å². The fourth-order valence-electron chi connectivity index (χ4n) is 2.23. The van der Waals surface area contributed by atoms with Crippen LogP contribution in [0.3, 0.4) is 0 Å². The number of hydrogen-bond donors (Lipinski definition) is 1. The van der Waals surface area contributed by atoms with Crippen molar-refractivity contribution in [2.45, 2.75) is 44.4 Å². The third-order valence-electron chi connectivity index (χ3n) is 4.07. The van der Waals surface area contributed by atoms with E-state index in [0.717, 1.165) is 24.8 Å². The molecule has 27 heavy (non-hydrogen) atoms. The summed E-state index contributed by atoms with van der Waals surface area (Å²) < 4.78 is 69.4. The molecule has 3 rings (SSSR count). The maximum absolute atomic E-state index is 13.2. The van der Waals surface area contributed by atoms with Gasteiger partial charge in [-0.1, -0.05) is 17.4 Å². The number of ether oxygens (including phenoxy) is 1. The highest BCUT2D eigenvalue weighted by molar-refractivity contribution is 7.15. The maximum atomic E-state index is 13.2. The molecule has 1 amide bonds. The second-order valence-electron chi connectivity index (χ2n) is 6.09. The standard InChI is InChI=1S/C16H14F5N3O2S/c1-8-5-6-9(7-11(8)26-10-3-2-4-10)12(25)22-14-24-23-13(27-14)15(17,18)16(19,20)21/h5-7,10H,2-4H2,1H3,(H,22,24,25). The molecule has 0 radical (unpaired) electrons. The van der Waals surface area contributed by atoms with E-state index in [1.165, 1.54) is 12.1 Å². The predicted octanol–water partition coefficient (Wildman–Crippen LogP) is 4.68. The number of rotatable bonds is 5. The number of aromatic nitrogens is 2. The Bertz CT molecular complexity index is 849. The molecule has 1 heterocycles. The van der Waals surface area contributed by atoms with Gasteiger partial charge in [0.05, 0.1) is 6.10 Å². The number of carbonyl (C=O) groups excluding carboxylic acids is 1. The van der Waals surface area contributed by atoms with Crippen molar-refractivity contribution in [3.63, 3.8) is 0 Å². The van der Waals surface area contributed by atoms with Crippen LogP contribution in [0, 0.1) is 6.92 Å². The molecule has 0 saturated heterocycles. The monoisotopic (exact) mass is 407 g/mol. The molecule has 1 aromatic heterocycles. The Morgan fingerprint density at radius 3 is 2.52 bits per heavy atom. The highest BCUT2D eigenvalue weighted by atomic mass is 32.1. The highest BCUT2D eigenvalue weighted by Crippen LogP contribution is 2.45. The molecular weight excluding hydrogens is 393 g/mol. The van der Waals surface area contributed by atoms with E-state index in [1.54, 1.807) is 6.07 Å². The van der Waals surface area contributed by atoms with Crippen LogP contribution in [0.1, 0.15) is 40.2 Å². The number of hydrogen-bond acceptors (Lipinski definition) is 5. The largest absolute Gasteiger partial charge is 0.490 e. The summed E-state index contributed by atoms with van der Waals surface area (Å²) in [6.07, 6.45) is -2.77. The van der Waals surface area contributed by atoms with E-state index >= 15 is 0 Å². The summed E-state index contributed by atoms with van der Waals surface area (Å²) in [5, 5.41) is 6.23. The molecule has 0 atom stereocenters. The van der Waals surface area contributed by atoms with Gasteiger partial charge in [0.2, 0.25) is 5.13 Å². The Hall–Kier alpha value is -2.30. The van der Waals surface area contributed by atoms with Crippen LogP contribution in [0.15, 0.2) is 18.2 Å². The molecule has 0 spiro atoms. The summed E-state index contributed by atoms with van der Waals surface area (Å²) in [6, 6.07) is 4.64. The first-order chi connectivity index (χ1) is 12.6. The van der Waals surface area contributed by atoms with Crippen molar-refractivity contribution in [2.24, 2.45) is 0 Å². The Morgan fingerprint density at radius 1 is 1.22 bits per heavy atom. The second-order valence-corrected chi connectivity index (χ2v) is 7.07. The first-order valence-corrected chi connectivity index (χ1v) is 8.77. The van der Waals surface area contributed by atoms with Gasteiger partial charge in [-0.05, 0) is 43.9 Å². The minimum absolute atomic E-state index is 0.0350. The summed E-state index contributed by atoms with van der Waals surface area (Å²) >= 11 is -0.0350. The van der Waals surface area contributed by atoms with E-state index in [2.05, 4.69) is 15.5 Å². The average Bonchev–Trinajstić information content (AvgIpc) is 3.00. The molecule has 1 saturated carbocycles. The van der Waals surface area contributed by atoms with Crippen molar-refractivity contribution >= 4 is 22.4 Å². The fraction of sp³-hybridized carbons (Fsp3) is 0.438. The third kappa shape index (κ3) is 4.02. The van der Waals surface area contributed by atoms with Crippen LogP contribution in [0.5, 0.6) is 5.75 Å². The van der Waals surface area contributed by atoms with Gasteiger partial charge in [-0.15, -0.1) is 10.2 Å². The molecule has 0 unspecified atom stereocenters. The number of nitrogens with one attached hydrogen (secondary N) is 1. The number of carbonyl (C=O) groups is 1. The molecule has 11 heteroatoms. The smallest absolute Gasteiger partial charge is 0.460 e. The van der Waals surface area contributed by atoms with Crippen LogP contribution < -0.4 is 10.1 Å². The van der Waals surface area contributed by atoms with E-state index in [1.807, 2.05) is 6.92 Å². The van der Waals surface area contributed by atoms with Crippen molar-refractivity contribution in [2.75, 3.05) is 5.32 Å². The number of halogens is 5. The summed E-state index contributed by atoms with van der Waals surface area (Å²) in [5.41, 5.74) is 0.982. The van der Waals surface area contributed by atoms with Crippen molar-refractivity contribution in [3.8, 4) is 5.75 Å². The SMILES string of the molecule is Cc1ccc(C(=O)Nc2nnc(C(F)(F)C(F)(F)F)s2)cc1OC1CCC1. The molecule has 1 N–H and O–H groups in total. The summed E-state index contributed by atoms with van der Waals surface area (Å²) in [4.78, 5) is 12.3. The van der Waals surface area contributed by atoms with E-state index < -0.39 is 28.1 Å². The molecular formula is C16H14F5N3O2S. The van der Waals surface area contributed by atoms with Gasteiger partial charge >= 0.3 is 12.1 Å². The molecule has 1 aliphatic carbocycles. The lowest BCUT2D eigenvalue weighted by Gasteiger charge is -2.27. The fourth-order valence-corrected chi connectivity index (χ4v) is 2.96. The number of amides is 1. The van der Waals surface area contributed by atoms with Gasteiger partial charge in [0.25, 0.3) is 5.91 Å². The molecule has 1 fully saturated rings. The zero-order valence-electron chi connectivity index (χ0n) is 13.9. The van der Waals surface area contributed by atoms with Crippen molar-refractivity contribution < 1.29 is 31.5 Å². The average molecular weight is 407 g/mol. The number of aryl methyl sites for hydroxylation is 1. The van der Waals surface area contributed by atoms with Crippen LogP contribution in [-0.4, -0.2) is 28.4 Å². The van der Waals surface area contributed by atoms with Gasteiger partial charge in [0.1, 0.15) is 5.75 Å². The lowest BCUT2D eigenvalue weighted by molar-refractivity contribution is -0.289. The maximum Gasteiger partial charge on any atom is 0.460 e. The first kappa shape index (κ1) is 19.5. The Kier molecular flexibility index (Phi) is 5.06. The molecule has 0 bridgehead atoms. The number of alkyl halides is 5. The molecule has 0 aliphatic heterocycles. The van der Waals surface area contributed by atoms with Gasteiger partial charge in [0.15, 0.2) is 5.01 Å². The van der Waals surface area contributed by atoms with Gasteiger partial charge in [-0.2, -0.15) is 22.0 Å². The van der Waals surface area contributed by atoms with Crippen LogP contribution in [-0.2, 0) is 5.92 Å². The third-order valence-corrected chi connectivity index (χ3v) is 4.97. The van der Waals surface area contributed by atoms with E-state index in [0.29, 0.717) is 5.75 Å². The quantitative estimate of drug-likeness (QED) is 0.731. The Labute approximate surface area is 154 Å². The van der Waals surface area contributed by atoms with Crippen molar-refractivity contribution in [3.05, 3.63) is 34.3 Å². The first-order valence-electron chi connectivity index (χ1n) is 7.95. The van der Waals surface area contributed by atoms with E-state index in [9.17, 15) is 26.7 Å². The van der Waals surface area contributed by atoms with Gasteiger partial charge < -0.3 is 4.74 Å². The topological polar surface area (TPSA) is 64.1 Å². The second kappa shape index (κ2) is 7.02. The molecule has 2 aromatic rings. The normalized spacial score (nSPS) is 15.3. The summed E-state index contributed by atoms with van der Waals surface area (Å²) in [7, 11) is 0. The van der Waals surface area contributed by atoms with Crippen molar-refractivity contribution in [1.82, 2.24) is 10.2 Å². The van der Waals surface area contributed by atoms with Gasteiger partial charge in [-0.3, -0.25) is 10.1 Å². The Morgan fingerprint density at radius 2 is 1.93 bits per heavy atom. The highest BCUT2D eigenvalue weighted by Gasteiger charge is 2.61. The van der Waals surface area contributed by atoms with Crippen molar-refractivity contribution in [1.29, 1.82) is 0 Å². The number of benzene rings is 1. The Balaban J connectivity index is 1.73. The predicted molar refractivity (Wildman–Crippen MR) is 87.3 cm³/mol. The zero-order chi connectivity index (χ0) is 19.8. The molecule has 5 nitrogen and oxygen atoms in total. The van der Waals surface area contributed by atoms with E-state index in [-0.39, 0.29) is 23.0 Å². The number of anilines is 1. The lowest BCUT2D eigenvalue weighted by atomic mass is 9.96. The van der Waals surface area contributed by atoms with Crippen LogP contribution in [0.4, 0.5) is 27.1 Å². The zero-order valence-corrected chi connectivity index (χ0v) is 14.8. The summed E-state index contributed by atoms with van der Waals surface area (Å²) in [5.74, 6) is -5.33. The molecule has 146 valence electrons. The van der Waals surface area contributed by atoms with E-state index in [4.69, 9.17) is 4.74 Å². The summed E-state index contributed by atoms with van der Waals surface area (Å²) in [6.45, 7) is 1.81. The van der Waals surface area contributed by atoms with Gasteiger partial charge in [0, 0.05) is 5.56 Å². The minimum Gasteiger partial charge on any atom is -0.490 e. The van der Waals surface area contributed by atoms with Crippen LogP contribution >= 0.6 is 11.3 Å². The molecule has 1 aliphatic rings. The number of nitrogens with zero attached hydrogens (tertiary/aromatic N) is 2. The lowest BCUT2D eigenvalue weighted by Crippen LogP contribution is -2.33.